The predicted molar refractivity (Wildman–Crippen MR) is 84.9 cm³/mol. The molecule has 0 bridgehead atoms. The van der Waals surface area contributed by atoms with E-state index in [1.54, 1.807) is 12.3 Å². The molecule has 0 aliphatic rings. The van der Waals surface area contributed by atoms with E-state index in [0.717, 1.165) is 10.6 Å². The van der Waals surface area contributed by atoms with E-state index < -0.39 is 0 Å². The maximum Gasteiger partial charge on any atom is 0.189 e. The second-order valence-electron chi connectivity index (χ2n) is 3.87. The number of nitrogens with one attached hydrogen (secondary N) is 1. The second-order valence-corrected chi connectivity index (χ2v) is 5.66. The molecule has 3 aromatic rings. The number of hydrogen-bond donors (Lipinski definition) is 1. The van der Waals surface area contributed by atoms with Gasteiger partial charge in [0.25, 0.3) is 0 Å². The lowest BCUT2D eigenvalue weighted by Gasteiger charge is -2.03. The van der Waals surface area contributed by atoms with Crippen LogP contribution < -0.4 is 5.32 Å². The van der Waals surface area contributed by atoms with Crippen molar-refractivity contribution in [3.8, 4) is 0 Å². The van der Waals surface area contributed by atoms with Gasteiger partial charge in [0.2, 0.25) is 0 Å². The summed E-state index contributed by atoms with van der Waals surface area (Å²) in [6, 6.07) is 7.41. The fraction of sp³-hybridized carbons (Fsp3) is 0. The van der Waals surface area contributed by atoms with Crippen LogP contribution >= 0.6 is 34.5 Å². The molecule has 21 heavy (non-hydrogen) atoms. The average Bonchev–Trinajstić information content (AvgIpc) is 3.09. The molecule has 0 fully saturated rings. The predicted octanol–water partition coefficient (Wildman–Crippen LogP) is 3.67. The summed E-state index contributed by atoms with van der Waals surface area (Å²) >= 11 is 13.5. The third-order valence-corrected chi connectivity index (χ3v) is 4.08. The number of aromatic nitrogens is 4. The van der Waals surface area contributed by atoms with Crippen molar-refractivity contribution in [2.75, 3.05) is 5.32 Å². The van der Waals surface area contributed by atoms with E-state index >= 15 is 0 Å². The number of hydrogen-bond acceptors (Lipinski definition) is 6. The molecule has 1 N–H and O–H groups in total. The molecule has 1 aromatic carbocycles. The summed E-state index contributed by atoms with van der Waals surface area (Å²) in [6.45, 7) is 0. The molecule has 3 rings (SSSR count). The minimum atomic E-state index is 0.367. The Morgan fingerprint density at radius 1 is 1.19 bits per heavy atom. The number of rotatable bonds is 4. The first-order valence-corrected chi connectivity index (χ1v) is 7.36. The Kier molecular flexibility index (Phi) is 4.14. The Bertz CT molecular complexity index is 768. The summed E-state index contributed by atoms with van der Waals surface area (Å²) in [5.41, 5.74) is 0.770. The van der Waals surface area contributed by atoms with Gasteiger partial charge in [-0.15, -0.1) is 10.2 Å². The molecule has 9 heteroatoms. The molecule has 0 unspecified atom stereocenters. The van der Waals surface area contributed by atoms with Crippen LogP contribution in [0.15, 0.2) is 42.0 Å². The van der Waals surface area contributed by atoms with Crippen molar-refractivity contribution >= 4 is 51.6 Å². The normalized spacial score (nSPS) is 11.1. The Morgan fingerprint density at radius 2 is 1.95 bits per heavy atom. The van der Waals surface area contributed by atoms with Gasteiger partial charge in [-0.1, -0.05) is 46.7 Å². The third-order valence-electron chi connectivity index (χ3n) is 2.44. The molecule has 0 aliphatic carbocycles. The number of thiazole rings is 1. The van der Waals surface area contributed by atoms with Gasteiger partial charge in [-0.25, -0.2) is 9.66 Å². The molecule has 0 spiro atoms. The highest BCUT2D eigenvalue weighted by Crippen LogP contribution is 2.30. The summed E-state index contributed by atoms with van der Waals surface area (Å²) in [5.74, 6) is 0. The summed E-state index contributed by atoms with van der Waals surface area (Å²) < 4.78 is 1.47. The molecule has 6 nitrogen and oxygen atoms in total. The fourth-order valence-electron chi connectivity index (χ4n) is 1.50. The van der Waals surface area contributed by atoms with Crippen molar-refractivity contribution in [3.05, 3.63) is 52.0 Å². The Hall–Kier alpha value is -1.96. The molecule has 0 aliphatic heterocycles. The number of halogens is 2. The quantitative estimate of drug-likeness (QED) is 0.737. The standard InChI is InChI=1S/C12H8Cl2N6S/c13-8-3-1-2-4-9(8)18-12-19-11(14)10(21-12)5-17-20-6-15-16-7-20/h1-7H,(H,18,19)/b17-5+. The van der Waals surface area contributed by atoms with E-state index in [4.69, 9.17) is 23.2 Å². The molecule has 2 aromatic heterocycles. The molecule has 106 valence electrons. The van der Waals surface area contributed by atoms with Gasteiger partial charge >= 0.3 is 0 Å². The van der Waals surface area contributed by atoms with Crippen molar-refractivity contribution < 1.29 is 0 Å². The lowest BCUT2D eigenvalue weighted by molar-refractivity contribution is 0.879. The summed E-state index contributed by atoms with van der Waals surface area (Å²) in [6.07, 6.45) is 4.56. The van der Waals surface area contributed by atoms with Crippen LogP contribution in [0.3, 0.4) is 0 Å². The van der Waals surface area contributed by atoms with Gasteiger partial charge in [0.1, 0.15) is 12.7 Å². The van der Waals surface area contributed by atoms with Crippen molar-refractivity contribution in [2.45, 2.75) is 0 Å². The lowest BCUT2D eigenvalue weighted by Crippen LogP contribution is -1.89. The molecule has 0 radical (unpaired) electrons. The first-order chi connectivity index (χ1) is 10.2. The number of nitrogens with zero attached hydrogens (tertiary/aromatic N) is 5. The maximum absolute atomic E-state index is 6.09. The van der Waals surface area contributed by atoms with Gasteiger partial charge in [0.15, 0.2) is 10.3 Å². The van der Waals surface area contributed by atoms with E-state index in [1.807, 2.05) is 18.2 Å². The van der Waals surface area contributed by atoms with Gasteiger partial charge < -0.3 is 5.32 Å². The van der Waals surface area contributed by atoms with E-state index in [0.29, 0.717) is 15.3 Å². The molecule has 0 saturated carbocycles. The second kappa shape index (κ2) is 6.21. The van der Waals surface area contributed by atoms with Crippen molar-refractivity contribution in [1.82, 2.24) is 19.9 Å². The lowest BCUT2D eigenvalue weighted by atomic mass is 10.3. The molecule has 0 atom stereocenters. The molecular weight excluding hydrogens is 331 g/mol. The highest BCUT2D eigenvalue weighted by molar-refractivity contribution is 7.17. The van der Waals surface area contributed by atoms with Gasteiger partial charge in [-0.05, 0) is 12.1 Å². The van der Waals surface area contributed by atoms with Crippen molar-refractivity contribution in [2.24, 2.45) is 5.10 Å². The van der Waals surface area contributed by atoms with Gasteiger partial charge in [0.05, 0.1) is 21.8 Å². The van der Waals surface area contributed by atoms with E-state index in [-0.39, 0.29) is 0 Å². The van der Waals surface area contributed by atoms with Gasteiger partial charge in [-0.3, -0.25) is 0 Å². The van der Waals surface area contributed by atoms with Crippen LogP contribution in [0.25, 0.3) is 0 Å². The van der Waals surface area contributed by atoms with Crippen LogP contribution in [-0.2, 0) is 0 Å². The van der Waals surface area contributed by atoms with Crippen LogP contribution in [0.2, 0.25) is 10.2 Å². The van der Waals surface area contributed by atoms with E-state index in [1.165, 1.54) is 28.7 Å². The summed E-state index contributed by atoms with van der Waals surface area (Å²) in [5, 5.41) is 16.2. The number of anilines is 2. The largest absolute Gasteiger partial charge is 0.330 e. The monoisotopic (exact) mass is 338 g/mol. The zero-order chi connectivity index (χ0) is 14.7. The van der Waals surface area contributed by atoms with Crippen molar-refractivity contribution in [3.63, 3.8) is 0 Å². The van der Waals surface area contributed by atoms with Crippen LogP contribution in [0.5, 0.6) is 0 Å². The third kappa shape index (κ3) is 3.38. The summed E-state index contributed by atoms with van der Waals surface area (Å²) in [4.78, 5) is 4.95. The summed E-state index contributed by atoms with van der Waals surface area (Å²) in [7, 11) is 0. The number of para-hydroxylation sites is 1. The number of benzene rings is 1. The zero-order valence-corrected chi connectivity index (χ0v) is 12.8. The highest BCUT2D eigenvalue weighted by atomic mass is 35.5. The first kappa shape index (κ1) is 14.0. The zero-order valence-electron chi connectivity index (χ0n) is 10.4. The van der Waals surface area contributed by atoms with Crippen LogP contribution in [0.1, 0.15) is 4.88 Å². The molecule has 2 heterocycles. The Labute approximate surface area is 134 Å². The van der Waals surface area contributed by atoms with E-state index in [2.05, 4.69) is 25.6 Å². The van der Waals surface area contributed by atoms with Crippen molar-refractivity contribution in [1.29, 1.82) is 0 Å². The minimum absolute atomic E-state index is 0.367. The fourth-order valence-corrected chi connectivity index (χ4v) is 2.72. The topological polar surface area (TPSA) is 68.0 Å². The molecule has 0 saturated heterocycles. The molecular formula is C12H8Cl2N6S. The van der Waals surface area contributed by atoms with Crippen LogP contribution in [-0.4, -0.2) is 26.1 Å². The Morgan fingerprint density at radius 3 is 2.71 bits per heavy atom. The highest BCUT2D eigenvalue weighted by Gasteiger charge is 2.09. The SMILES string of the molecule is Clc1ccccc1Nc1nc(Cl)c(/C=N/n2cnnc2)s1. The van der Waals surface area contributed by atoms with Gasteiger partial charge in [-0.2, -0.15) is 5.10 Å². The van der Waals surface area contributed by atoms with Crippen LogP contribution in [0, 0.1) is 0 Å². The van der Waals surface area contributed by atoms with Crippen LogP contribution in [0.4, 0.5) is 10.8 Å². The Balaban J connectivity index is 1.80. The minimum Gasteiger partial charge on any atom is -0.330 e. The van der Waals surface area contributed by atoms with Gasteiger partial charge in [0, 0.05) is 0 Å². The maximum atomic E-state index is 6.09. The first-order valence-electron chi connectivity index (χ1n) is 5.79. The molecule has 0 amide bonds. The smallest absolute Gasteiger partial charge is 0.189 e. The average molecular weight is 339 g/mol. The van der Waals surface area contributed by atoms with E-state index in [9.17, 15) is 0 Å².